The number of nitrogens with two attached hydrogens (primary N) is 1. The number of ketones is 1. The zero-order chi connectivity index (χ0) is 28.9. The molecule has 1 amide bonds. The van der Waals surface area contributed by atoms with Crippen LogP contribution in [0.25, 0.3) is 0 Å². The van der Waals surface area contributed by atoms with Gasteiger partial charge in [-0.05, 0) is 66.8 Å². The largest absolute Gasteiger partial charge is 0.493 e. The summed E-state index contributed by atoms with van der Waals surface area (Å²) in [6, 6.07) is 22.1. The molecule has 10 heteroatoms. The second kappa shape index (κ2) is 15.3. The number of benzene rings is 3. The smallest absolute Gasteiger partial charge is 0.408 e. The van der Waals surface area contributed by atoms with Crippen LogP contribution < -0.4 is 15.8 Å². The Labute approximate surface area is 237 Å². The minimum atomic E-state index is -0.874. The number of hydrogen-bond donors (Lipinski definition) is 2. The summed E-state index contributed by atoms with van der Waals surface area (Å²) in [5, 5.41) is 6.49. The molecule has 214 valence electrons. The first-order chi connectivity index (χ1) is 20.0. The van der Waals surface area contributed by atoms with E-state index in [1.54, 1.807) is 12.1 Å². The molecule has 0 aliphatic heterocycles. The van der Waals surface area contributed by atoms with E-state index < -0.39 is 17.9 Å². The van der Waals surface area contributed by atoms with E-state index in [9.17, 15) is 14.0 Å². The monoisotopic (exact) mass is 560 g/mol. The molecule has 0 spiro atoms. The Kier molecular flexibility index (Phi) is 11.0. The predicted molar refractivity (Wildman–Crippen MR) is 150 cm³/mol. The van der Waals surface area contributed by atoms with Gasteiger partial charge in [-0.3, -0.25) is 4.79 Å². The van der Waals surface area contributed by atoms with Crippen molar-refractivity contribution in [2.24, 2.45) is 5.73 Å². The summed E-state index contributed by atoms with van der Waals surface area (Å²) in [5.41, 5.74) is 8.31. The molecule has 0 aliphatic rings. The van der Waals surface area contributed by atoms with Crippen molar-refractivity contribution in [1.29, 1.82) is 0 Å². The van der Waals surface area contributed by atoms with Crippen LogP contribution >= 0.6 is 0 Å². The van der Waals surface area contributed by atoms with Crippen molar-refractivity contribution in [3.05, 3.63) is 113 Å². The molecule has 0 bridgehead atoms. The molecule has 41 heavy (non-hydrogen) atoms. The van der Waals surface area contributed by atoms with Crippen molar-refractivity contribution < 1.29 is 28.0 Å². The number of rotatable bonds is 15. The first-order valence-corrected chi connectivity index (χ1v) is 13.5. The number of Topliss-reactive ketones (excluding diaryl/α,β-unsaturated/α-hetero) is 1. The van der Waals surface area contributed by atoms with Gasteiger partial charge in [0.1, 0.15) is 18.2 Å². The maximum atomic E-state index is 13.2. The minimum Gasteiger partial charge on any atom is -0.493 e. The highest BCUT2D eigenvalue weighted by atomic mass is 19.1. The lowest BCUT2D eigenvalue weighted by atomic mass is 10.0. The summed E-state index contributed by atoms with van der Waals surface area (Å²) in [5.74, 6) is 0.134. The van der Waals surface area contributed by atoms with Gasteiger partial charge in [0.25, 0.3) is 0 Å². The third-order valence-corrected chi connectivity index (χ3v) is 6.31. The zero-order valence-electron chi connectivity index (χ0n) is 22.6. The molecule has 4 aromatic rings. The fraction of sp³-hybridized carbons (Fsp3) is 0.290. The fourth-order valence-corrected chi connectivity index (χ4v) is 4.07. The third-order valence-electron chi connectivity index (χ3n) is 6.31. The van der Waals surface area contributed by atoms with Gasteiger partial charge >= 0.3 is 6.09 Å². The van der Waals surface area contributed by atoms with Crippen molar-refractivity contribution in [3.63, 3.8) is 0 Å². The number of unbranched alkanes of at least 4 members (excludes halogenated alkanes) is 1. The number of alkyl carbamates (subject to hydrolysis) is 1. The summed E-state index contributed by atoms with van der Waals surface area (Å²) in [6.45, 7) is 1.02. The quantitative estimate of drug-likeness (QED) is 0.153. The summed E-state index contributed by atoms with van der Waals surface area (Å²) in [4.78, 5) is 29.8. The molecule has 1 atom stereocenters. The van der Waals surface area contributed by atoms with Crippen LogP contribution in [0.5, 0.6) is 5.75 Å². The first-order valence-electron chi connectivity index (χ1n) is 13.5. The van der Waals surface area contributed by atoms with E-state index >= 15 is 0 Å². The van der Waals surface area contributed by atoms with Gasteiger partial charge in [0, 0.05) is 6.42 Å². The summed E-state index contributed by atoms with van der Waals surface area (Å²) >= 11 is 0. The number of halogens is 1. The van der Waals surface area contributed by atoms with Crippen LogP contribution in [-0.4, -0.2) is 41.2 Å². The SMILES string of the molecule is NCCCC[C@H](NC(=O)OCc1ccccc1)C(=O)c1noc(Cc2ccc(OCCc3ccc(F)cc3)cc2)n1. The maximum Gasteiger partial charge on any atom is 0.408 e. The van der Waals surface area contributed by atoms with E-state index in [0.717, 1.165) is 16.7 Å². The number of nitrogens with zero attached hydrogens (tertiary/aromatic N) is 2. The van der Waals surface area contributed by atoms with Gasteiger partial charge in [0.15, 0.2) is 0 Å². The van der Waals surface area contributed by atoms with Gasteiger partial charge in [-0.15, -0.1) is 0 Å². The molecule has 1 aromatic heterocycles. The number of ether oxygens (including phenoxy) is 2. The predicted octanol–water partition coefficient (Wildman–Crippen LogP) is 5.03. The normalized spacial score (nSPS) is 11.6. The standard InChI is InChI=1S/C31H33FN4O5/c32-25-13-9-22(10-14-25)17-19-39-26-15-11-23(12-16-26)20-28-35-30(36-41-28)29(37)27(8-4-5-18-33)34-31(38)40-21-24-6-2-1-3-7-24/h1-3,6-7,9-16,27H,4-5,8,17-21,33H2,(H,34,38)/t27-/m0/s1. The molecule has 4 rings (SSSR count). The molecule has 0 unspecified atom stereocenters. The van der Waals surface area contributed by atoms with Gasteiger partial charge in [0.2, 0.25) is 17.5 Å². The van der Waals surface area contributed by atoms with Crippen LogP contribution in [-0.2, 0) is 24.2 Å². The molecular weight excluding hydrogens is 527 g/mol. The number of carbonyl (C=O) groups excluding carboxylic acids is 2. The van der Waals surface area contributed by atoms with Gasteiger partial charge in [-0.1, -0.05) is 59.8 Å². The Morgan fingerprint density at radius 2 is 1.66 bits per heavy atom. The molecule has 9 nitrogen and oxygen atoms in total. The van der Waals surface area contributed by atoms with E-state index in [0.29, 0.717) is 51.0 Å². The lowest BCUT2D eigenvalue weighted by Crippen LogP contribution is -2.41. The van der Waals surface area contributed by atoms with E-state index in [2.05, 4.69) is 15.5 Å². The summed E-state index contributed by atoms with van der Waals surface area (Å²) < 4.78 is 29.4. The molecule has 3 N–H and O–H groups in total. The Balaban J connectivity index is 1.29. The van der Waals surface area contributed by atoms with E-state index in [1.165, 1.54) is 12.1 Å². The van der Waals surface area contributed by atoms with Gasteiger partial charge in [-0.25, -0.2) is 9.18 Å². The molecule has 0 saturated heterocycles. The lowest BCUT2D eigenvalue weighted by Gasteiger charge is -2.16. The van der Waals surface area contributed by atoms with Crippen LogP contribution in [0.15, 0.2) is 83.4 Å². The molecule has 1 heterocycles. The molecular formula is C31H33FN4O5. The Morgan fingerprint density at radius 3 is 2.39 bits per heavy atom. The second-order valence-corrected chi connectivity index (χ2v) is 9.46. The zero-order valence-corrected chi connectivity index (χ0v) is 22.6. The van der Waals surface area contributed by atoms with E-state index in [1.807, 2.05) is 54.6 Å². The van der Waals surface area contributed by atoms with Crippen molar-refractivity contribution in [2.45, 2.75) is 44.8 Å². The number of amides is 1. The highest BCUT2D eigenvalue weighted by Crippen LogP contribution is 2.16. The fourth-order valence-electron chi connectivity index (χ4n) is 4.07. The average Bonchev–Trinajstić information content (AvgIpc) is 3.46. The van der Waals surface area contributed by atoms with Crippen LogP contribution in [0.3, 0.4) is 0 Å². The number of hydrogen-bond acceptors (Lipinski definition) is 8. The number of aromatic nitrogens is 2. The highest BCUT2D eigenvalue weighted by molar-refractivity contribution is 5.98. The first kappa shape index (κ1) is 29.4. The van der Waals surface area contributed by atoms with Crippen molar-refractivity contribution in [2.75, 3.05) is 13.2 Å². The summed E-state index contributed by atoms with van der Waals surface area (Å²) in [7, 11) is 0. The van der Waals surface area contributed by atoms with E-state index in [-0.39, 0.29) is 24.1 Å². The average molecular weight is 561 g/mol. The summed E-state index contributed by atoms with van der Waals surface area (Å²) in [6.07, 6.45) is 1.98. The van der Waals surface area contributed by atoms with Crippen LogP contribution in [0.4, 0.5) is 9.18 Å². The van der Waals surface area contributed by atoms with Gasteiger partial charge in [-0.2, -0.15) is 4.98 Å². The highest BCUT2D eigenvalue weighted by Gasteiger charge is 2.27. The Morgan fingerprint density at radius 1 is 0.927 bits per heavy atom. The third kappa shape index (κ3) is 9.54. The van der Waals surface area contributed by atoms with Crippen LogP contribution in [0.1, 0.15) is 52.5 Å². The van der Waals surface area contributed by atoms with Crippen molar-refractivity contribution >= 4 is 11.9 Å². The number of carbonyl (C=O) groups is 2. The molecule has 0 aliphatic carbocycles. The Hall–Kier alpha value is -4.57. The molecule has 0 saturated carbocycles. The van der Waals surface area contributed by atoms with Gasteiger partial charge < -0.3 is 25.0 Å². The van der Waals surface area contributed by atoms with Crippen molar-refractivity contribution in [1.82, 2.24) is 15.5 Å². The van der Waals surface area contributed by atoms with Crippen LogP contribution in [0, 0.1) is 5.82 Å². The molecule has 0 fully saturated rings. The minimum absolute atomic E-state index is 0.0842. The maximum absolute atomic E-state index is 13.2. The topological polar surface area (TPSA) is 130 Å². The molecule has 3 aromatic carbocycles. The lowest BCUT2D eigenvalue weighted by molar-refractivity contribution is 0.0896. The Bertz CT molecular complexity index is 1380. The van der Waals surface area contributed by atoms with E-state index in [4.69, 9.17) is 19.7 Å². The van der Waals surface area contributed by atoms with Crippen molar-refractivity contribution in [3.8, 4) is 5.75 Å². The van der Waals surface area contributed by atoms with Crippen LogP contribution in [0.2, 0.25) is 0 Å². The van der Waals surface area contributed by atoms with Gasteiger partial charge in [0.05, 0.1) is 19.1 Å². The molecule has 0 radical (unpaired) electrons. The number of nitrogens with one attached hydrogen (secondary N) is 1. The second-order valence-electron chi connectivity index (χ2n) is 9.46.